The summed E-state index contributed by atoms with van der Waals surface area (Å²) in [5, 5.41) is 0. The zero-order valence-electron chi connectivity index (χ0n) is 14.8. The lowest BCUT2D eigenvalue weighted by molar-refractivity contribution is -0.274. The fraction of sp³-hybridized carbons (Fsp3) is 0.400. The summed E-state index contributed by atoms with van der Waals surface area (Å²) in [6, 6.07) is 16.4. The van der Waals surface area contributed by atoms with Gasteiger partial charge in [0.15, 0.2) is 0 Å². The standard InChI is InChI=1S/C20H22F3NO2.ClH/c21-20(22,23)26-19-8-4-5-16(13-19)14-25-15-24-11-9-18(10-12-24)17-6-2-1-3-7-17;/h1-8,13,18H,9-12,14-15H2;1H. The first-order valence-corrected chi connectivity index (χ1v) is 8.69. The molecule has 27 heavy (non-hydrogen) atoms. The van der Waals surface area contributed by atoms with E-state index in [0.29, 0.717) is 18.2 Å². The first-order chi connectivity index (χ1) is 12.5. The summed E-state index contributed by atoms with van der Waals surface area (Å²) in [7, 11) is 0. The highest BCUT2D eigenvalue weighted by atomic mass is 35.5. The fourth-order valence-electron chi connectivity index (χ4n) is 3.25. The van der Waals surface area contributed by atoms with E-state index >= 15 is 0 Å². The van der Waals surface area contributed by atoms with Crippen molar-refractivity contribution in [2.24, 2.45) is 0 Å². The molecule has 2 aromatic rings. The summed E-state index contributed by atoms with van der Waals surface area (Å²) in [5.41, 5.74) is 2.04. The molecule has 0 unspecified atom stereocenters. The number of rotatable bonds is 6. The predicted molar refractivity (Wildman–Crippen MR) is 100 cm³/mol. The van der Waals surface area contributed by atoms with Crippen LogP contribution in [-0.4, -0.2) is 31.1 Å². The highest BCUT2D eigenvalue weighted by molar-refractivity contribution is 5.85. The Kier molecular flexibility index (Phi) is 7.95. The summed E-state index contributed by atoms with van der Waals surface area (Å²) in [5.74, 6) is 0.367. The number of benzene rings is 2. The van der Waals surface area contributed by atoms with Gasteiger partial charge in [-0.15, -0.1) is 25.6 Å². The Morgan fingerprint density at radius 3 is 2.33 bits per heavy atom. The first kappa shape index (κ1) is 21.5. The molecule has 0 N–H and O–H groups in total. The third kappa shape index (κ3) is 7.05. The average Bonchev–Trinajstić information content (AvgIpc) is 2.62. The molecule has 3 nitrogen and oxygen atoms in total. The van der Waals surface area contributed by atoms with Crippen LogP contribution in [0.2, 0.25) is 0 Å². The number of halogens is 4. The molecule has 2 aromatic carbocycles. The minimum atomic E-state index is -4.68. The average molecular weight is 402 g/mol. The van der Waals surface area contributed by atoms with Gasteiger partial charge in [0.2, 0.25) is 0 Å². The summed E-state index contributed by atoms with van der Waals surface area (Å²) in [6.07, 6.45) is -2.51. The van der Waals surface area contributed by atoms with Crippen molar-refractivity contribution >= 4 is 12.4 Å². The van der Waals surface area contributed by atoms with Gasteiger partial charge in [0.25, 0.3) is 0 Å². The number of ether oxygens (including phenoxy) is 2. The number of likely N-dealkylation sites (tertiary alicyclic amines) is 1. The Hall–Kier alpha value is -1.76. The van der Waals surface area contributed by atoms with Crippen LogP contribution in [0.15, 0.2) is 54.6 Å². The number of hydrogen-bond acceptors (Lipinski definition) is 3. The van der Waals surface area contributed by atoms with E-state index in [0.717, 1.165) is 25.9 Å². The largest absolute Gasteiger partial charge is 0.573 e. The molecule has 7 heteroatoms. The molecular formula is C20H23ClF3NO2. The minimum absolute atomic E-state index is 0. The van der Waals surface area contributed by atoms with E-state index in [2.05, 4.69) is 33.9 Å². The molecule has 3 rings (SSSR count). The highest BCUT2D eigenvalue weighted by Crippen LogP contribution is 2.28. The van der Waals surface area contributed by atoms with Crippen LogP contribution >= 0.6 is 12.4 Å². The van der Waals surface area contributed by atoms with Crippen LogP contribution in [0.25, 0.3) is 0 Å². The van der Waals surface area contributed by atoms with E-state index in [9.17, 15) is 13.2 Å². The van der Waals surface area contributed by atoms with Crippen molar-refractivity contribution in [1.29, 1.82) is 0 Å². The lowest BCUT2D eigenvalue weighted by atomic mass is 9.90. The molecule has 0 spiro atoms. The topological polar surface area (TPSA) is 21.7 Å². The van der Waals surface area contributed by atoms with Crippen LogP contribution in [0.3, 0.4) is 0 Å². The van der Waals surface area contributed by atoms with Crippen molar-refractivity contribution in [2.75, 3.05) is 19.8 Å². The lowest BCUT2D eigenvalue weighted by Crippen LogP contribution is -2.34. The lowest BCUT2D eigenvalue weighted by Gasteiger charge is -2.31. The van der Waals surface area contributed by atoms with Crippen molar-refractivity contribution in [3.8, 4) is 5.75 Å². The molecule has 0 atom stereocenters. The van der Waals surface area contributed by atoms with E-state index in [1.165, 1.54) is 23.8 Å². The molecule has 0 saturated carbocycles. The molecule has 0 bridgehead atoms. The number of hydrogen-bond donors (Lipinski definition) is 0. The van der Waals surface area contributed by atoms with E-state index in [1.54, 1.807) is 6.07 Å². The number of alkyl halides is 3. The molecule has 0 radical (unpaired) electrons. The van der Waals surface area contributed by atoms with Gasteiger partial charge in [-0.1, -0.05) is 42.5 Å². The summed E-state index contributed by atoms with van der Waals surface area (Å²) < 4.78 is 46.4. The third-order valence-electron chi connectivity index (χ3n) is 4.53. The second kappa shape index (κ2) is 9.97. The third-order valence-corrected chi connectivity index (χ3v) is 4.53. The molecule has 0 amide bonds. The molecule has 1 aliphatic rings. The van der Waals surface area contributed by atoms with Gasteiger partial charge >= 0.3 is 6.36 Å². The van der Waals surface area contributed by atoms with Crippen molar-refractivity contribution < 1.29 is 22.6 Å². The van der Waals surface area contributed by atoms with Gasteiger partial charge in [0.1, 0.15) is 5.75 Å². The molecule has 0 aromatic heterocycles. The van der Waals surface area contributed by atoms with Crippen LogP contribution in [0.1, 0.15) is 29.9 Å². The van der Waals surface area contributed by atoms with Crippen molar-refractivity contribution in [1.82, 2.24) is 4.90 Å². The van der Waals surface area contributed by atoms with E-state index in [1.807, 2.05) is 6.07 Å². The van der Waals surface area contributed by atoms with Gasteiger partial charge in [0.05, 0.1) is 13.3 Å². The zero-order valence-corrected chi connectivity index (χ0v) is 15.6. The maximum atomic E-state index is 12.3. The minimum Gasteiger partial charge on any atom is -0.406 e. The second-order valence-corrected chi connectivity index (χ2v) is 6.48. The summed E-state index contributed by atoms with van der Waals surface area (Å²) >= 11 is 0. The van der Waals surface area contributed by atoms with Crippen LogP contribution < -0.4 is 4.74 Å². The Labute approximate surface area is 163 Å². The molecule has 1 fully saturated rings. The second-order valence-electron chi connectivity index (χ2n) is 6.48. The van der Waals surface area contributed by atoms with Crippen molar-refractivity contribution in [3.63, 3.8) is 0 Å². The van der Waals surface area contributed by atoms with Crippen molar-refractivity contribution in [2.45, 2.75) is 31.7 Å². The maximum Gasteiger partial charge on any atom is 0.573 e. The van der Waals surface area contributed by atoms with Gasteiger partial charge < -0.3 is 9.47 Å². The van der Waals surface area contributed by atoms with Crippen LogP contribution in [0.4, 0.5) is 13.2 Å². The summed E-state index contributed by atoms with van der Waals surface area (Å²) in [6.45, 7) is 2.65. The number of nitrogens with zero attached hydrogens (tertiary/aromatic N) is 1. The Morgan fingerprint density at radius 2 is 1.67 bits per heavy atom. The first-order valence-electron chi connectivity index (χ1n) is 8.69. The molecule has 1 aliphatic heterocycles. The zero-order chi connectivity index (χ0) is 18.4. The van der Waals surface area contributed by atoms with Gasteiger partial charge in [-0.25, -0.2) is 0 Å². The van der Waals surface area contributed by atoms with E-state index in [-0.39, 0.29) is 24.8 Å². The van der Waals surface area contributed by atoms with Gasteiger partial charge in [-0.2, -0.15) is 0 Å². The predicted octanol–water partition coefficient (Wildman–Crippen LogP) is 5.36. The van der Waals surface area contributed by atoms with Crippen LogP contribution in [0.5, 0.6) is 5.75 Å². The maximum absolute atomic E-state index is 12.3. The summed E-state index contributed by atoms with van der Waals surface area (Å²) in [4.78, 5) is 2.23. The van der Waals surface area contributed by atoms with E-state index in [4.69, 9.17) is 4.74 Å². The Morgan fingerprint density at radius 1 is 0.963 bits per heavy atom. The van der Waals surface area contributed by atoms with Crippen molar-refractivity contribution in [3.05, 3.63) is 65.7 Å². The quantitative estimate of drug-likeness (QED) is 0.650. The molecule has 0 aliphatic carbocycles. The normalized spacial score (nSPS) is 16.0. The molecule has 148 valence electrons. The van der Waals surface area contributed by atoms with Crippen LogP contribution in [0, 0.1) is 0 Å². The molecule has 1 saturated heterocycles. The molecular weight excluding hydrogens is 379 g/mol. The monoisotopic (exact) mass is 401 g/mol. The van der Waals surface area contributed by atoms with E-state index < -0.39 is 6.36 Å². The van der Waals surface area contributed by atoms with Gasteiger partial charge in [-0.3, -0.25) is 4.90 Å². The Bertz CT molecular complexity index is 689. The number of piperidine rings is 1. The Balaban J connectivity index is 0.00000261. The van der Waals surface area contributed by atoms with Crippen LogP contribution in [-0.2, 0) is 11.3 Å². The molecule has 1 heterocycles. The SMILES string of the molecule is Cl.FC(F)(F)Oc1cccc(COCN2CCC(c3ccccc3)CC2)c1. The highest BCUT2D eigenvalue weighted by Gasteiger charge is 2.31. The fourth-order valence-corrected chi connectivity index (χ4v) is 3.25. The van der Waals surface area contributed by atoms with Gasteiger partial charge in [-0.05, 0) is 42.0 Å². The smallest absolute Gasteiger partial charge is 0.406 e. The van der Waals surface area contributed by atoms with Gasteiger partial charge in [0, 0.05) is 13.1 Å².